The fourth-order valence-electron chi connectivity index (χ4n) is 1.84. The normalized spacial score (nSPS) is 10.7. The molecule has 0 saturated heterocycles. The Labute approximate surface area is 104 Å². The van der Waals surface area contributed by atoms with E-state index in [2.05, 4.69) is 10.2 Å². The molecule has 0 radical (unpaired) electrons. The Bertz CT molecular complexity index is 688. The zero-order valence-corrected chi connectivity index (χ0v) is 9.87. The van der Waals surface area contributed by atoms with Crippen LogP contribution < -0.4 is 10.5 Å². The lowest BCUT2D eigenvalue weighted by atomic mass is 10.2. The summed E-state index contributed by atoms with van der Waals surface area (Å²) in [6, 6.07) is 11.3. The number of hydrogen-bond donors (Lipinski definition) is 1. The van der Waals surface area contributed by atoms with Crippen molar-refractivity contribution in [2.75, 3.05) is 12.8 Å². The van der Waals surface area contributed by atoms with Gasteiger partial charge in [-0.1, -0.05) is 0 Å². The first kappa shape index (κ1) is 10.6. The van der Waals surface area contributed by atoms with Crippen LogP contribution in [0.1, 0.15) is 0 Å². The molecular formula is C13H12N4O. The van der Waals surface area contributed by atoms with Crippen LogP contribution in [0.4, 0.5) is 5.69 Å². The quantitative estimate of drug-likeness (QED) is 0.744. The van der Waals surface area contributed by atoms with Crippen molar-refractivity contribution in [3.63, 3.8) is 0 Å². The Balaban J connectivity index is 2.15. The molecule has 0 atom stereocenters. The summed E-state index contributed by atoms with van der Waals surface area (Å²) in [4.78, 5) is 0. The molecule has 1 aromatic carbocycles. The van der Waals surface area contributed by atoms with E-state index in [0.717, 1.165) is 22.8 Å². The number of nitrogens with two attached hydrogens (primary N) is 1. The topological polar surface area (TPSA) is 65.4 Å². The Kier molecular flexibility index (Phi) is 2.37. The molecule has 3 aromatic rings. The van der Waals surface area contributed by atoms with E-state index in [0.29, 0.717) is 5.69 Å². The number of rotatable bonds is 2. The van der Waals surface area contributed by atoms with E-state index in [1.165, 1.54) is 0 Å². The zero-order chi connectivity index (χ0) is 12.5. The van der Waals surface area contributed by atoms with Crippen molar-refractivity contribution in [1.29, 1.82) is 0 Å². The Morgan fingerprint density at radius 2 is 1.83 bits per heavy atom. The summed E-state index contributed by atoms with van der Waals surface area (Å²) in [5.74, 6) is 1.58. The summed E-state index contributed by atoms with van der Waals surface area (Å²) >= 11 is 0. The van der Waals surface area contributed by atoms with Gasteiger partial charge in [0.25, 0.3) is 0 Å². The minimum atomic E-state index is 0.678. The first-order valence-corrected chi connectivity index (χ1v) is 5.52. The lowest BCUT2D eigenvalue weighted by Gasteiger charge is -2.03. The van der Waals surface area contributed by atoms with Gasteiger partial charge in [-0.25, -0.2) is 0 Å². The van der Waals surface area contributed by atoms with Gasteiger partial charge in [0.15, 0.2) is 11.5 Å². The Hall–Kier alpha value is -2.56. The molecule has 5 nitrogen and oxygen atoms in total. The minimum absolute atomic E-state index is 0.678. The van der Waals surface area contributed by atoms with Gasteiger partial charge in [-0.05, 0) is 36.4 Å². The zero-order valence-electron chi connectivity index (χ0n) is 9.87. The smallest absolute Gasteiger partial charge is 0.168 e. The number of hydrogen-bond acceptors (Lipinski definition) is 4. The number of nitrogen functional groups attached to an aromatic ring is 1. The maximum absolute atomic E-state index is 5.78. The second-order valence-corrected chi connectivity index (χ2v) is 3.94. The van der Waals surface area contributed by atoms with E-state index in [9.17, 15) is 0 Å². The fourth-order valence-corrected chi connectivity index (χ4v) is 1.84. The summed E-state index contributed by atoms with van der Waals surface area (Å²) < 4.78 is 7.00. The van der Waals surface area contributed by atoms with Crippen LogP contribution in [0.2, 0.25) is 0 Å². The van der Waals surface area contributed by atoms with Crippen LogP contribution in [-0.2, 0) is 0 Å². The summed E-state index contributed by atoms with van der Waals surface area (Å²) in [6.45, 7) is 0. The monoisotopic (exact) mass is 240 g/mol. The van der Waals surface area contributed by atoms with Gasteiger partial charge in [0.05, 0.1) is 7.11 Å². The second-order valence-electron chi connectivity index (χ2n) is 3.94. The molecular weight excluding hydrogens is 228 g/mol. The van der Waals surface area contributed by atoms with Gasteiger partial charge < -0.3 is 10.5 Å². The first-order valence-electron chi connectivity index (χ1n) is 5.52. The highest BCUT2D eigenvalue weighted by Crippen LogP contribution is 2.22. The highest BCUT2D eigenvalue weighted by molar-refractivity contribution is 5.61. The molecule has 2 N–H and O–H groups in total. The number of anilines is 1. The lowest BCUT2D eigenvalue weighted by Crippen LogP contribution is -1.93. The lowest BCUT2D eigenvalue weighted by molar-refractivity contribution is 0.415. The molecule has 0 aliphatic heterocycles. The summed E-state index contributed by atoms with van der Waals surface area (Å²) in [7, 11) is 1.64. The second kappa shape index (κ2) is 4.03. The molecule has 0 bridgehead atoms. The van der Waals surface area contributed by atoms with Crippen molar-refractivity contribution in [3.8, 4) is 17.1 Å². The summed E-state index contributed by atoms with van der Waals surface area (Å²) in [5, 5.41) is 8.28. The van der Waals surface area contributed by atoms with Gasteiger partial charge in [-0.3, -0.25) is 4.40 Å². The maximum atomic E-state index is 5.78. The van der Waals surface area contributed by atoms with E-state index in [-0.39, 0.29) is 0 Å². The summed E-state index contributed by atoms with van der Waals surface area (Å²) in [6.07, 6.45) is 1.81. The predicted octanol–water partition coefficient (Wildman–Crippen LogP) is 1.99. The minimum Gasteiger partial charge on any atom is -0.497 e. The van der Waals surface area contributed by atoms with Crippen molar-refractivity contribution < 1.29 is 4.74 Å². The van der Waals surface area contributed by atoms with E-state index in [1.54, 1.807) is 7.11 Å². The predicted molar refractivity (Wildman–Crippen MR) is 69.4 cm³/mol. The maximum Gasteiger partial charge on any atom is 0.168 e. The van der Waals surface area contributed by atoms with Gasteiger partial charge in [0.1, 0.15) is 5.75 Å². The van der Waals surface area contributed by atoms with Crippen LogP contribution in [0, 0.1) is 0 Å². The molecule has 0 spiro atoms. The van der Waals surface area contributed by atoms with Crippen molar-refractivity contribution in [2.24, 2.45) is 0 Å². The van der Waals surface area contributed by atoms with Crippen molar-refractivity contribution in [1.82, 2.24) is 14.6 Å². The molecule has 2 aromatic heterocycles. The van der Waals surface area contributed by atoms with Gasteiger partial charge in [-0.15, -0.1) is 10.2 Å². The van der Waals surface area contributed by atoms with E-state index >= 15 is 0 Å². The molecule has 0 aliphatic rings. The molecule has 18 heavy (non-hydrogen) atoms. The number of ether oxygens (including phenoxy) is 1. The van der Waals surface area contributed by atoms with Crippen molar-refractivity contribution in [3.05, 3.63) is 42.6 Å². The van der Waals surface area contributed by atoms with Crippen LogP contribution in [0.15, 0.2) is 42.6 Å². The van der Waals surface area contributed by atoms with Crippen LogP contribution in [0.3, 0.4) is 0 Å². The number of nitrogens with zero attached hydrogens (tertiary/aromatic N) is 3. The van der Waals surface area contributed by atoms with Crippen LogP contribution in [-0.4, -0.2) is 21.7 Å². The molecule has 5 heteroatoms. The Morgan fingerprint density at radius 1 is 1.06 bits per heavy atom. The van der Waals surface area contributed by atoms with Crippen LogP contribution >= 0.6 is 0 Å². The van der Waals surface area contributed by atoms with Crippen molar-refractivity contribution in [2.45, 2.75) is 0 Å². The van der Waals surface area contributed by atoms with E-state index < -0.39 is 0 Å². The van der Waals surface area contributed by atoms with E-state index in [1.807, 2.05) is 47.0 Å². The molecule has 0 aliphatic carbocycles. The fraction of sp³-hybridized carbons (Fsp3) is 0.0769. The van der Waals surface area contributed by atoms with Gasteiger partial charge in [-0.2, -0.15) is 0 Å². The van der Waals surface area contributed by atoms with Gasteiger partial charge >= 0.3 is 0 Å². The first-order chi connectivity index (χ1) is 8.78. The standard InChI is InChI=1S/C13H12N4O/c1-18-11-5-2-9(3-6-11)13-16-15-12-7-4-10(14)8-17(12)13/h2-8H,14H2,1H3. The largest absolute Gasteiger partial charge is 0.497 e. The molecule has 90 valence electrons. The number of pyridine rings is 1. The third kappa shape index (κ3) is 1.66. The molecule has 0 amide bonds. The van der Waals surface area contributed by atoms with Crippen LogP contribution in [0.25, 0.3) is 17.0 Å². The molecule has 0 saturated carbocycles. The summed E-state index contributed by atoms with van der Waals surface area (Å²) in [5.41, 5.74) is 8.20. The molecule has 0 fully saturated rings. The molecule has 3 rings (SSSR count). The highest BCUT2D eigenvalue weighted by atomic mass is 16.5. The van der Waals surface area contributed by atoms with Gasteiger partial charge in [0, 0.05) is 17.4 Å². The third-order valence-electron chi connectivity index (χ3n) is 2.77. The van der Waals surface area contributed by atoms with Gasteiger partial charge in [0.2, 0.25) is 0 Å². The molecule has 0 unspecified atom stereocenters. The number of fused-ring (bicyclic) bond motifs is 1. The number of methoxy groups -OCH3 is 1. The highest BCUT2D eigenvalue weighted by Gasteiger charge is 2.07. The SMILES string of the molecule is COc1ccc(-c2nnc3ccc(N)cn23)cc1. The van der Waals surface area contributed by atoms with E-state index in [4.69, 9.17) is 10.5 Å². The average molecular weight is 240 g/mol. The average Bonchev–Trinajstić information content (AvgIpc) is 2.82. The molecule has 2 heterocycles. The Morgan fingerprint density at radius 3 is 2.56 bits per heavy atom. The van der Waals surface area contributed by atoms with Crippen molar-refractivity contribution >= 4 is 11.3 Å². The van der Waals surface area contributed by atoms with Crippen LogP contribution in [0.5, 0.6) is 5.75 Å². The third-order valence-corrected chi connectivity index (χ3v) is 2.77. The number of benzene rings is 1. The number of aromatic nitrogens is 3.